The van der Waals surface area contributed by atoms with E-state index >= 15 is 0 Å². The number of piperidine rings is 1. The highest BCUT2D eigenvalue weighted by atomic mass is 16.5. The van der Waals surface area contributed by atoms with Crippen LogP contribution in [0.4, 0.5) is 0 Å². The number of morpholine rings is 1. The maximum absolute atomic E-state index is 12.6. The van der Waals surface area contributed by atoms with Gasteiger partial charge in [-0.1, -0.05) is 6.07 Å². The first kappa shape index (κ1) is 15.0. The maximum Gasteiger partial charge on any atom is 0.335 e. The Morgan fingerprint density at radius 3 is 2.82 bits per heavy atom. The molecular weight excluding hydrogens is 284 g/mol. The summed E-state index contributed by atoms with van der Waals surface area (Å²) in [5, 5.41) is 9.04. The first-order valence-corrected chi connectivity index (χ1v) is 7.51. The number of carbonyl (C=O) groups is 2. The Morgan fingerprint density at radius 2 is 2.05 bits per heavy atom. The summed E-state index contributed by atoms with van der Waals surface area (Å²) in [5.74, 6) is -1.13. The van der Waals surface area contributed by atoms with E-state index in [9.17, 15) is 9.59 Å². The number of rotatable bonds is 2. The molecule has 1 amide bonds. The molecule has 0 bridgehead atoms. The van der Waals surface area contributed by atoms with E-state index in [4.69, 9.17) is 9.84 Å². The van der Waals surface area contributed by atoms with Gasteiger partial charge in [-0.3, -0.25) is 9.69 Å². The monoisotopic (exact) mass is 304 g/mol. The molecule has 0 aliphatic carbocycles. The average Bonchev–Trinajstić information content (AvgIpc) is 2.54. The van der Waals surface area contributed by atoms with E-state index in [-0.39, 0.29) is 23.6 Å². The average molecular weight is 304 g/mol. The van der Waals surface area contributed by atoms with Crippen LogP contribution in [0, 0.1) is 0 Å². The fourth-order valence-electron chi connectivity index (χ4n) is 3.19. The molecule has 118 valence electrons. The van der Waals surface area contributed by atoms with Gasteiger partial charge >= 0.3 is 5.97 Å². The van der Waals surface area contributed by atoms with Crippen LogP contribution in [0.5, 0.6) is 0 Å². The van der Waals surface area contributed by atoms with Crippen molar-refractivity contribution in [2.24, 2.45) is 0 Å². The highest BCUT2D eigenvalue weighted by Crippen LogP contribution is 2.23. The normalized spacial score (nSPS) is 25.6. The quantitative estimate of drug-likeness (QED) is 0.880. The number of carboxylic acids is 1. The smallest absolute Gasteiger partial charge is 0.335 e. The van der Waals surface area contributed by atoms with Gasteiger partial charge in [-0.25, -0.2) is 4.79 Å². The van der Waals surface area contributed by atoms with E-state index in [0.717, 1.165) is 19.6 Å². The van der Waals surface area contributed by atoms with Gasteiger partial charge in [-0.2, -0.15) is 0 Å². The summed E-state index contributed by atoms with van der Waals surface area (Å²) in [6.45, 7) is 2.88. The number of hydrogen-bond acceptors (Lipinski definition) is 4. The van der Waals surface area contributed by atoms with Crippen molar-refractivity contribution in [2.75, 3.05) is 33.3 Å². The highest BCUT2D eigenvalue weighted by molar-refractivity contribution is 5.97. The Labute approximate surface area is 129 Å². The number of carbonyl (C=O) groups excluding carboxylic acids is 1. The van der Waals surface area contributed by atoms with Crippen LogP contribution < -0.4 is 0 Å². The molecule has 2 saturated heterocycles. The van der Waals surface area contributed by atoms with E-state index in [1.54, 1.807) is 17.0 Å². The van der Waals surface area contributed by atoms with Crippen molar-refractivity contribution in [3.05, 3.63) is 35.4 Å². The Kier molecular flexibility index (Phi) is 4.13. The molecule has 2 fully saturated rings. The molecule has 6 heteroatoms. The largest absolute Gasteiger partial charge is 0.478 e. The zero-order chi connectivity index (χ0) is 15.7. The van der Waals surface area contributed by atoms with E-state index in [1.165, 1.54) is 12.1 Å². The van der Waals surface area contributed by atoms with Crippen LogP contribution >= 0.6 is 0 Å². The molecule has 3 rings (SSSR count). The standard InChI is InChI=1S/C16H20N2O4/c1-17-7-8-22-14-5-6-18(10-13(14)17)15(19)11-3-2-4-12(9-11)16(20)21/h2-4,9,13-14H,5-8,10H2,1H3,(H,20,21). The number of aromatic carboxylic acids is 1. The Hall–Kier alpha value is -1.92. The van der Waals surface area contributed by atoms with Gasteiger partial charge in [0.15, 0.2) is 0 Å². The fraction of sp³-hybridized carbons (Fsp3) is 0.500. The van der Waals surface area contributed by atoms with Crippen molar-refractivity contribution in [1.29, 1.82) is 0 Å². The predicted molar refractivity (Wildman–Crippen MR) is 80.1 cm³/mol. The number of amides is 1. The fourth-order valence-corrected chi connectivity index (χ4v) is 3.19. The summed E-state index contributed by atoms with van der Waals surface area (Å²) in [7, 11) is 2.05. The number of likely N-dealkylation sites (N-methyl/N-ethyl adjacent to an activating group) is 1. The van der Waals surface area contributed by atoms with Crippen LogP contribution in [0.2, 0.25) is 0 Å². The number of fused-ring (bicyclic) bond motifs is 1. The summed E-state index contributed by atoms with van der Waals surface area (Å²) in [6, 6.07) is 6.43. The number of ether oxygens (including phenoxy) is 1. The molecule has 0 saturated carbocycles. The summed E-state index contributed by atoms with van der Waals surface area (Å²) < 4.78 is 5.78. The lowest BCUT2D eigenvalue weighted by Gasteiger charge is -2.45. The van der Waals surface area contributed by atoms with Crippen LogP contribution in [-0.4, -0.2) is 72.2 Å². The lowest BCUT2D eigenvalue weighted by molar-refractivity contribution is -0.0893. The van der Waals surface area contributed by atoms with E-state index in [2.05, 4.69) is 11.9 Å². The molecule has 0 aromatic heterocycles. The van der Waals surface area contributed by atoms with Gasteiger partial charge in [0.2, 0.25) is 0 Å². The molecule has 2 aliphatic rings. The second kappa shape index (κ2) is 6.06. The molecule has 6 nitrogen and oxygen atoms in total. The Balaban J connectivity index is 1.75. The first-order chi connectivity index (χ1) is 10.6. The first-order valence-electron chi connectivity index (χ1n) is 7.51. The van der Waals surface area contributed by atoms with Crippen LogP contribution in [-0.2, 0) is 4.74 Å². The summed E-state index contributed by atoms with van der Waals surface area (Å²) in [4.78, 5) is 27.7. The van der Waals surface area contributed by atoms with Gasteiger partial charge < -0.3 is 14.7 Å². The molecule has 1 N–H and O–H groups in total. The van der Waals surface area contributed by atoms with Gasteiger partial charge in [0.25, 0.3) is 5.91 Å². The summed E-state index contributed by atoms with van der Waals surface area (Å²) in [5.41, 5.74) is 0.566. The number of nitrogens with zero attached hydrogens (tertiary/aromatic N) is 2. The molecule has 2 heterocycles. The zero-order valence-electron chi connectivity index (χ0n) is 12.6. The second-order valence-corrected chi connectivity index (χ2v) is 5.88. The lowest BCUT2D eigenvalue weighted by Crippen LogP contribution is -2.59. The van der Waals surface area contributed by atoms with Crippen molar-refractivity contribution < 1.29 is 19.4 Å². The minimum Gasteiger partial charge on any atom is -0.478 e. The van der Waals surface area contributed by atoms with Gasteiger partial charge in [0, 0.05) is 25.2 Å². The Bertz CT molecular complexity index is 589. The second-order valence-electron chi connectivity index (χ2n) is 5.88. The van der Waals surface area contributed by atoms with Gasteiger partial charge in [0.05, 0.1) is 24.3 Å². The number of likely N-dealkylation sites (tertiary alicyclic amines) is 1. The molecule has 2 unspecified atom stereocenters. The van der Waals surface area contributed by atoms with Crippen molar-refractivity contribution in [3.63, 3.8) is 0 Å². The van der Waals surface area contributed by atoms with Crippen LogP contribution in [0.1, 0.15) is 27.1 Å². The third-order valence-corrected chi connectivity index (χ3v) is 4.51. The number of benzene rings is 1. The minimum atomic E-state index is -1.02. The van der Waals surface area contributed by atoms with Crippen LogP contribution in [0.15, 0.2) is 24.3 Å². The number of carboxylic acid groups (broad SMARTS) is 1. The molecule has 0 radical (unpaired) electrons. The molecule has 2 aliphatic heterocycles. The van der Waals surface area contributed by atoms with E-state index in [1.807, 2.05) is 0 Å². The molecule has 2 atom stereocenters. The molecular formula is C16H20N2O4. The summed E-state index contributed by atoms with van der Waals surface area (Å²) in [6.07, 6.45) is 1.01. The molecule has 22 heavy (non-hydrogen) atoms. The minimum absolute atomic E-state index is 0.111. The number of hydrogen-bond donors (Lipinski definition) is 1. The third kappa shape index (κ3) is 2.84. The topological polar surface area (TPSA) is 70.1 Å². The SMILES string of the molecule is CN1CCOC2CCN(C(=O)c3cccc(C(=O)O)c3)CC21. The maximum atomic E-state index is 12.6. The van der Waals surface area contributed by atoms with Crippen LogP contribution in [0.25, 0.3) is 0 Å². The lowest BCUT2D eigenvalue weighted by atomic mass is 9.98. The van der Waals surface area contributed by atoms with Crippen molar-refractivity contribution >= 4 is 11.9 Å². The molecule has 1 aromatic rings. The Morgan fingerprint density at radius 1 is 1.27 bits per heavy atom. The molecule has 0 spiro atoms. The van der Waals surface area contributed by atoms with Gasteiger partial charge in [-0.05, 0) is 31.7 Å². The zero-order valence-corrected chi connectivity index (χ0v) is 12.6. The van der Waals surface area contributed by atoms with Crippen molar-refractivity contribution in [2.45, 2.75) is 18.6 Å². The van der Waals surface area contributed by atoms with Crippen LogP contribution in [0.3, 0.4) is 0 Å². The highest BCUT2D eigenvalue weighted by Gasteiger charge is 2.37. The van der Waals surface area contributed by atoms with Gasteiger partial charge in [0.1, 0.15) is 0 Å². The summed E-state index contributed by atoms with van der Waals surface area (Å²) >= 11 is 0. The third-order valence-electron chi connectivity index (χ3n) is 4.51. The van der Waals surface area contributed by atoms with E-state index < -0.39 is 5.97 Å². The molecule has 1 aromatic carbocycles. The van der Waals surface area contributed by atoms with Crippen molar-refractivity contribution in [1.82, 2.24) is 9.80 Å². The van der Waals surface area contributed by atoms with E-state index in [0.29, 0.717) is 18.7 Å². The van der Waals surface area contributed by atoms with Crippen molar-refractivity contribution in [3.8, 4) is 0 Å². The van der Waals surface area contributed by atoms with Gasteiger partial charge in [-0.15, -0.1) is 0 Å². The predicted octanol–water partition coefficient (Wildman–Crippen LogP) is 0.930.